The van der Waals surface area contributed by atoms with Gasteiger partial charge in [0.25, 0.3) is 0 Å². The minimum absolute atomic E-state index is 0. The summed E-state index contributed by atoms with van der Waals surface area (Å²) in [5.41, 5.74) is 0.686. The maximum Gasteiger partial charge on any atom is 0.228 e. The Bertz CT molecular complexity index is 647. The van der Waals surface area contributed by atoms with Gasteiger partial charge in [-0.05, 0) is 42.6 Å². The lowest BCUT2D eigenvalue weighted by Crippen LogP contribution is -2.28. The third-order valence-corrected chi connectivity index (χ3v) is 3.03. The minimum atomic E-state index is -0.466. The predicted molar refractivity (Wildman–Crippen MR) is 82.8 cm³/mol. The number of anilines is 1. The normalized spacial score (nSPS) is 11.6. The van der Waals surface area contributed by atoms with Crippen LogP contribution in [0.1, 0.15) is 12.7 Å². The molecule has 0 saturated heterocycles. The van der Waals surface area contributed by atoms with Gasteiger partial charge in [0.15, 0.2) is 5.82 Å². The molecule has 0 fully saturated rings. The third kappa shape index (κ3) is 3.99. The van der Waals surface area contributed by atoms with Crippen molar-refractivity contribution in [1.82, 2.24) is 25.5 Å². The molecular formula is C13H18ClFN6O. The van der Waals surface area contributed by atoms with E-state index in [0.29, 0.717) is 18.1 Å². The fraction of sp³-hybridized carbons (Fsp3) is 0.385. The van der Waals surface area contributed by atoms with Crippen LogP contribution in [0.15, 0.2) is 18.2 Å². The van der Waals surface area contributed by atoms with Crippen LogP contribution in [-0.2, 0) is 4.79 Å². The van der Waals surface area contributed by atoms with Crippen molar-refractivity contribution in [2.45, 2.75) is 13.8 Å². The summed E-state index contributed by atoms with van der Waals surface area (Å²) in [6.07, 6.45) is 0. The minimum Gasteiger partial charge on any atom is -0.326 e. The van der Waals surface area contributed by atoms with E-state index in [0.717, 1.165) is 0 Å². The number of hydrogen-bond acceptors (Lipinski definition) is 5. The molecule has 0 saturated carbocycles. The van der Waals surface area contributed by atoms with Crippen LogP contribution >= 0.6 is 12.4 Å². The molecule has 1 amide bonds. The fourth-order valence-corrected chi connectivity index (χ4v) is 1.87. The number of benzene rings is 1. The number of aryl methyl sites for hydroxylation is 1. The molecule has 0 spiro atoms. The third-order valence-electron chi connectivity index (χ3n) is 3.03. The summed E-state index contributed by atoms with van der Waals surface area (Å²) in [5.74, 6) is -0.346. The maximum absolute atomic E-state index is 13.9. The number of aromatic nitrogens is 4. The average Bonchev–Trinajstić information content (AvgIpc) is 2.87. The fourth-order valence-electron chi connectivity index (χ4n) is 1.87. The van der Waals surface area contributed by atoms with Crippen molar-refractivity contribution in [2.24, 2.45) is 5.92 Å². The number of nitrogens with one attached hydrogen (secondary N) is 2. The van der Waals surface area contributed by atoms with Crippen LogP contribution in [0.25, 0.3) is 5.69 Å². The summed E-state index contributed by atoms with van der Waals surface area (Å²) in [4.78, 5) is 12.0. The SMILES string of the molecule is CNCC(C)C(=O)Nc1ccc(F)c(-n2nnnc2C)c1.Cl. The number of tetrazole rings is 1. The zero-order valence-electron chi connectivity index (χ0n) is 12.5. The Hall–Kier alpha value is -2.06. The highest BCUT2D eigenvalue weighted by Gasteiger charge is 2.14. The van der Waals surface area contributed by atoms with Crippen molar-refractivity contribution in [1.29, 1.82) is 0 Å². The molecule has 2 N–H and O–H groups in total. The maximum atomic E-state index is 13.9. The number of amides is 1. The molecule has 1 atom stereocenters. The lowest BCUT2D eigenvalue weighted by atomic mass is 10.1. The topological polar surface area (TPSA) is 84.7 Å². The Kier molecular flexibility index (Phi) is 6.39. The standard InChI is InChI=1S/C13H17FN6O.ClH/c1-8(7-15-3)13(21)16-10-4-5-11(14)12(6-10)20-9(2)17-18-19-20;/h4-6,8,15H,7H2,1-3H3,(H,16,21);1H. The van der Waals surface area contributed by atoms with Gasteiger partial charge in [-0.25, -0.2) is 4.39 Å². The van der Waals surface area contributed by atoms with Crippen LogP contribution in [-0.4, -0.2) is 39.7 Å². The predicted octanol–water partition coefficient (Wildman–Crippen LogP) is 1.33. The molecule has 1 aromatic carbocycles. The molecule has 0 aliphatic carbocycles. The summed E-state index contributed by atoms with van der Waals surface area (Å²) in [6, 6.07) is 4.28. The van der Waals surface area contributed by atoms with Crippen molar-refractivity contribution in [3.8, 4) is 5.69 Å². The molecular weight excluding hydrogens is 311 g/mol. The van der Waals surface area contributed by atoms with Gasteiger partial charge in [-0.3, -0.25) is 4.79 Å². The molecule has 0 aliphatic rings. The first-order valence-corrected chi connectivity index (χ1v) is 6.53. The van der Waals surface area contributed by atoms with Crippen LogP contribution in [0.2, 0.25) is 0 Å². The number of carbonyl (C=O) groups excluding carboxylic acids is 1. The lowest BCUT2D eigenvalue weighted by Gasteiger charge is -2.12. The quantitative estimate of drug-likeness (QED) is 0.865. The first kappa shape index (κ1) is 18.0. The number of carbonyl (C=O) groups is 1. The number of halogens is 2. The first-order chi connectivity index (χ1) is 10.0. The molecule has 1 aromatic heterocycles. The summed E-state index contributed by atoms with van der Waals surface area (Å²) in [6.45, 7) is 4.04. The van der Waals surface area contributed by atoms with Gasteiger partial charge in [-0.15, -0.1) is 17.5 Å². The van der Waals surface area contributed by atoms with E-state index in [9.17, 15) is 9.18 Å². The Morgan fingerprint density at radius 3 is 2.77 bits per heavy atom. The van der Waals surface area contributed by atoms with E-state index in [2.05, 4.69) is 26.2 Å². The monoisotopic (exact) mass is 328 g/mol. The Labute approximate surface area is 133 Å². The largest absolute Gasteiger partial charge is 0.326 e. The Balaban J connectivity index is 0.00000242. The van der Waals surface area contributed by atoms with Crippen molar-refractivity contribution < 1.29 is 9.18 Å². The average molecular weight is 329 g/mol. The number of hydrogen-bond donors (Lipinski definition) is 2. The second kappa shape index (κ2) is 7.81. The van der Waals surface area contributed by atoms with E-state index >= 15 is 0 Å². The van der Waals surface area contributed by atoms with Crippen molar-refractivity contribution in [3.63, 3.8) is 0 Å². The van der Waals surface area contributed by atoms with Crippen LogP contribution in [0.3, 0.4) is 0 Å². The second-order valence-electron chi connectivity index (χ2n) is 4.75. The summed E-state index contributed by atoms with van der Waals surface area (Å²) in [7, 11) is 1.78. The Morgan fingerprint density at radius 2 is 2.18 bits per heavy atom. The van der Waals surface area contributed by atoms with Gasteiger partial charge in [0.2, 0.25) is 5.91 Å². The van der Waals surface area contributed by atoms with E-state index in [1.54, 1.807) is 14.0 Å². The molecule has 0 radical (unpaired) electrons. The smallest absolute Gasteiger partial charge is 0.228 e. The van der Waals surface area contributed by atoms with Gasteiger partial charge in [0.1, 0.15) is 11.5 Å². The van der Waals surface area contributed by atoms with Crippen LogP contribution in [0.5, 0.6) is 0 Å². The number of nitrogens with zero attached hydrogens (tertiary/aromatic N) is 4. The van der Waals surface area contributed by atoms with Crippen molar-refractivity contribution in [2.75, 3.05) is 18.9 Å². The summed E-state index contributed by atoms with van der Waals surface area (Å²) in [5, 5.41) is 16.6. The lowest BCUT2D eigenvalue weighted by molar-refractivity contribution is -0.119. The van der Waals surface area contributed by atoms with Crippen molar-refractivity contribution >= 4 is 24.0 Å². The zero-order valence-corrected chi connectivity index (χ0v) is 13.3. The van der Waals surface area contributed by atoms with E-state index < -0.39 is 5.82 Å². The van der Waals surface area contributed by atoms with Gasteiger partial charge in [-0.2, -0.15) is 4.68 Å². The molecule has 2 aromatic rings. The highest BCUT2D eigenvalue weighted by Crippen LogP contribution is 2.19. The highest BCUT2D eigenvalue weighted by atomic mass is 35.5. The van der Waals surface area contributed by atoms with E-state index in [1.807, 2.05) is 6.92 Å². The van der Waals surface area contributed by atoms with E-state index in [1.165, 1.54) is 22.9 Å². The molecule has 0 aliphatic heterocycles. The van der Waals surface area contributed by atoms with Gasteiger partial charge >= 0.3 is 0 Å². The molecule has 2 rings (SSSR count). The van der Waals surface area contributed by atoms with E-state index in [4.69, 9.17) is 0 Å². The van der Waals surface area contributed by atoms with Crippen LogP contribution in [0.4, 0.5) is 10.1 Å². The zero-order chi connectivity index (χ0) is 15.4. The van der Waals surface area contributed by atoms with E-state index in [-0.39, 0.29) is 29.9 Å². The number of rotatable bonds is 5. The van der Waals surface area contributed by atoms with Crippen LogP contribution < -0.4 is 10.6 Å². The molecule has 7 nitrogen and oxygen atoms in total. The summed E-state index contributed by atoms with van der Waals surface area (Å²) < 4.78 is 15.2. The first-order valence-electron chi connectivity index (χ1n) is 6.53. The van der Waals surface area contributed by atoms with Gasteiger partial charge in [-0.1, -0.05) is 6.92 Å². The van der Waals surface area contributed by atoms with Gasteiger partial charge < -0.3 is 10.6 Å². The Morgan fingerprint density at radius 1 is 1.45 bits per heavy atom. The molecule has 1 heterocycles. The van der Waals surface area contributed by atoms with Gasteiger partial charge in [0.05, 0.1) is 0 Å². The molecule has 9 heteroatoms. The van der Waals surface area contributed by atoms with Crippen LogP contribution in [0, 0.1) is 18.7 Å². The molecule has 120 valence electrons. The molecule has 22 heavy (non-hydrogen) atoms. The second-order valence-corrected chi connectivity index (χ2v) is 4.75. The highest BCUT2D eigenvalue weighted by molar-refractivity contribution is 5.92. The van der Waals surface area contributed by atoms with Crippen molar-refractivity contribution in [3.05, 3.63) is 29.8 Å². The molecule has 0 bridgehead atoms. The van der Waals surface area contributed by atoms with Gasteiger partial charge in [0, 0.05) is 18.2 Å². The summed E-state index contributed by atoms with van der Waals surface area (Å²) >= 11 is 0. The molecule has 1 unspecified atom stereocenters.